The number of rotatable bonds is 8. The molecule has 34 heavy (non-hydrogen) atoms. The van der Waals surface area contributed by atoms with Crippen LogP contribution < -0.4 is 16.0 Å². The molecule has 5 N–H and O–H groups in total. The largest absolute Gasteiger partial charge is 0.390 e. The second-order valence-electron chi connectivity index (χ2n) is 10.1. The maximum Gasteiger partial charge on any atom is 0.217 e. The van der Waals surface area contributed by atoms with Crippen molar-refractivity contribution in [1.29, 1.82) is 0 Å². The second-order valence-corrected chi connectivity index (χ2v) is 10.1. The molecular weight excluding hydrogens is 440 g/mol. The van der Waals surface area contributed by atoms with E-state index < -0.39 is 29.9 Å². The van der Waals surface area contributed by atoms with Crippen LogP contribution in [0.15, 0.2) is 36.4 Å². The normalized spacial score (nSPS) is 18.4. The summed E-state index contributed by atoms with van der Waals surface area (Å²) < 4.78 is 27.2. The van der Waals surface area contributed by atoms with Gasteiger partial charge in [-0.05, 0) is 59.2 Å². The lowest BCUT2D eigenvalue weighted by Crippen LogP contribution is -2.48. The van der Waals surface area contributed by atoms with Gasteiger partial charge in [0.2, 0.25) is 5.91 Å². The van der Waals surface area contributed by atoms with Crippen LogP contribution in [0.4, 0.5) is 14.5 Å². The topological polar surface area (TPSA) is 93.6 Å². The molecule has 0 aliphatic carbocycles. The number of fused-ring (bicyclic) bond motifs is 1. The molecule has 8 heteroatoms. The first kappa shape index (κ1) is 26.1. The van der Waals surface area contributed by atoms with Crippen molar-refractivity contribution < 1.29 is 23.8 Å². The maximum atomic E-state index is 13.6. The summed E-state index contributed by atoms with van der Waals surface area (Å²) in [7, 11) is 0. The summed E-state index contributed by atoms with van der Waals surface area (Å²) >= 11 is 0. The molecule has 1 aliphatic heterocycles. The van der Waals surface area contributed by atoms with Crippen LogP contribution >= 0.6 is 0 Å². The Balaban J connectivity index is 1.73. The van der Waals surface area contributed by atoms with Crippen LogP contribution in [-0.2, 0) is 11.2 Å². The van der Waals surface area contributed by atoms with E-state index in [9.17, 15) is 23.8 Å². The quantitative estimate of drug-likeness (QED) is 0.402. The minimum absolute atomic E-state index is 0.0670. The monoisotopic (exact) mass is 475 g/mol. The predicted molar refractivity (Wildman–Crippen MR) is 128 cm³/mol. The number of carbonyl (C=O) groups excluding carboxylic acids is 1. The summed E-state index contributed by atoms with van der Waals surface area (Å²) in [6.07, 6.45) is -0.755. The van der Waals surface area contributed by atoms with Crippen LogP contribution in [0, 0.1) is 17.0 Å². The molecule has 0 fully saturated rings. The van der Waals surface area contributed by atoms with Gasteiger partial charge in [-0.2, -0.15) is 0 Å². The fourth-order valence-electron chi connectivity index (χ4n) is 4.35. The molecule has 0 aromatic heterocycles. The molecule has 0 saturated carbocycles. The van der Waals surface area contributed by atoms with E-state index in [4.69, 9.17) is 0 Å². The molecule has 0 saturated heterocycles. The van der Waals surface area contributed by atoms with E-state index in [-0.39, 0.29) is 30.3 Å². The Hall–Kier alpha value is -2.55. The molecule has 1 heterocycles. The third kappa shape index (κ3) is 6.74. The summed E-state index contributed by atoms with van der Waals surface area (Å²) in [4.78, 5) is 11.7. The van der Waals surface area contributed by atoms with Crippen LogP contribution in [0.3, 0.4) is 0 Å². The number of nitrogens with one attached hydrogen (secondary N) is 3. The van der Waals surface area contributed by atoms with E-state index in [1.807, 2.05) is 39.0 Å². The van der Waals surface area contributed by atoms with Gasteiger partial charge >= 0.3 is 0 Å². The first-order valence-electron chi connectivity index (χ1n) is 11.6. The molecule has 1 amide bonds. The van der Waals surface area contributed by atoms with E-state index in [1.54, 1.807) is 0 Å². The Bertz CT molecular complexity index is 989. The van der Waals surface area contributed by atoms with Crippen molar-refractivity contribution in [1.82, 2.24) is 10.6 Å². The number of hydrogen-bond acceptors (Lipinski definition) is 5. The highest BCUT2D eigenvalue weighted by atomic mass is 19.1. The Morgan fingerprint density at radius 3 is 2.44 bits per heavy atom. The Morgan fingerprint density at radius 1 is 1.15 bits per heavy atom. The zero-order valence-electron chi connectivity index (χ0n) is 20.2. The van der Waals surface area contributed by atoms with Gasteiger partial charge in [0.1, 0.15) is 11.6 Å². The van der Waals surface area contributed by atoms with Gasteiger partial charge < -0.3 is 26.2 Å². The fraction of sp³-hybridized carbons (Fsp3) is 0.500. The van der Waals surface area contributed by atoms with Crippen molar-refractivity contribution in [3.63, 3.8) is 0 Å². The summed E-state index contributed by atoms with van der Waals surface area (Å²) in [5, 5.41) is 31.0. The van der Waals surface area contributed by atoms with Crippen molar-refractivity contribution >= 4 is 11.6 Å². The van der Waals surface area contributed by atoms with Crippen molar-refractivity contribution in [3.8, 4) is 0 Å². The molecule has 4 unspecified atom stereocenters. The van der Waals surface area contributed by atoms with Crippen LogP contribution in [-0.4, -0.2) is 41.4 Å². The number of aliphatic hydroxyl groups is 2. The predicted octanol–water partition coefficient (Wildman–Crippen LogP) is 3.60. The number of anilines is 1. The molecule has 2 aromatic rings. The van der Waals surface area contributed by atoms with Gasteiger partial charge in [-0.1, -0.05) is 26.8 Å². The lowest BCUT2D eigenvalue weighted by atomic mass is 9.83. The molecule has 1 aliphatic rings. The molecule has 0 bridgehead atoms. The van der Waals surface area contributed by atoms with Gasteiger partial charge in [-0.15, -0.1) is 0 Å². The Morgan fingerprint density at radius 2 is 1.82 bits per heavy atom. The number of halogens is 2. The Labute approximate surface area is 199 Å². The molecule has 6 nitrogen and oxygen atoms in total. The maximum absolute atomic E-state index is 13.6. The van der Waals surface area contributed by atoms with Crippen molar-refractivity contribution in [3.05, 3.63) is 64.7 Å². The second kappa shape index (κ2) is 10.8. The third-order valence-corrected chi connectivity index (χ3v) is 6.14. The number of hydrogen-bond donors (Lipinski definition) is 5. The highest BCUT2D eigenvalue weighted by Crippen LogP contribution is 2.37. The lowest BCUT2D eigenvalue weighted by molar-refractivity contribution is -0.120. The average Bonchev–Trinajstić information content (AvgIpc) is 2.74. The van der Waals surface area contributed by atoms with Crippen LogP contribution in [0.1, 0.15) is 63.0 Å². The first-order valence-corrected chi connectivity index (χ1v) is 11.6. The first-order chi connectivity index (χ1) is 15.9. The molecule has 4 atom stereocenters. The van der Waals surface area contributed by atoms with E-state index in [0.29, 0.717) is 5.56 Å². The standard InChI is InChI=1S/C26H35F2N3O3/c1-15(32)31-23(11-16-9-18(27)13-19(28)10-16)24(33)14-30-22-7-8-29-21-6-5-17(12-20(21)22)25(34)26(2,3)4/h5-6,9-10,12-13,22-25,29-30,33-34H,7-8,11,14H2,1-4H3,(H,31,32). The number of aliphatic hydroxyl groups excluding tert-OH is 2. The van der Waals surface area contributed by atoms with Gasteiger partial charge in [-0.25, -0.2) is 8.78 Å². The van der Waals surface area contributed by atoms with Gasteiger partial charge in [0.15, 0.2) is 0 Å². The summed E-state index contributed by atoms with van der Waals surface area (Å²) in [6, 6.07) is 8.26. The fourth-order valence-corrected chi connectivity index (χ4v) is 4.35. The molecule has 2 aromatic carbocycles. The summed E-state index contributed by atoms with van der Waals surface area (Å²) in [6.45, 7) is 8.19. The van der Waals surface area contributed by atoms with Gasteiger partial charge in [0.25, 0.3) is 0 Å². The zero-order valence-corrected chi connectivity index (χ0v) is 20.2. The summed E-state index contributed by atoms with van der Waals surface area (Å²) in [5.74, 6) is -1.75. The molecule has 3 rings (SSSR count). The van der Waals surface area contributed by atoms with Crippen molar-refractivity contribution in [2.45, 2.75) is 64.8 Å². The number of amides is 1. The van der Waals surface area contributed by atoms with Crippen molar-refractivity contribution in [2.75, 3.05) is 18.4 Å². The average molecular weight is 476 g/mol. The molecule has 0 spiro atoms. The van der Waals surface area contributed by atoms with Crippen LogP contribution in [0.5, 0.6) is 0 Å². The van der Waals surface area contributed by atoms with E-state index in [0.717, 1.165) is 35.8 Å². The van der Waals surface area contributed by atoms with Crippen molar-refractivity contribution in [2.24, 2.45) is 5.41 Å². The molecule has 186 valence electrons. The van der Waals surface area contributed by atoms with Gasteiger partial charge in [0.05, 0.1) is 18.2 Å². The van der Waals surface area contributed by atoms with Crippen LogP contribution in [0.25, 0.3) is 0 Å². The zero-order chi connectivity index (χ0) is 25.0. The smallest absolute Gasteiger partial charge is 0.217 e. The highest BCUT2D eigenvalue weighted by Gasteiger charge is 2.28. The molecular formula is C26H35F2N3O3. The highest BCUT2D eigenvalue weighted by molar-refractivity contribution is 5.73. The minimum atomic E-state index is -0.989. The van der Waals surface area contributed by atoms with E-state index in [2.05, 4.69) is 16.0 Å². The number of benzene rings is 2. The minimum Gasteiger partial charge on any atom is -0.390 e. The Kier molecular flexibility index (Phi) is 8.28. The lowest BCUT2D eigenvalue weighted by Gasteiger charge is -2.32. The molecule has 0 radical (unpaired) electrons. The third-order valence-electron chi connectivity index (χ3n) is 6.14. The number of carbonyl (C=O) groups is 1. The van der Waals surface area contributed by atoms with Gasteiger partial charge in [0, 0.05) is 37.8 Å². The summed E-state index contributed by atoms with van der Waals surface area (Å²) in [5.41, 5.74) is 2.84. The van der Waals surface area contributed by atoms with E-state index in [1.165, 1.54) is 19.1 Å². The van der Waals surface area contributed by atoms with Crippen LogP contribution in [0.2, 0.25) is 0 Å². The van der Waals surface area contributed by atoms with Gasteiger partial charge in [-0.3, -0.25) is 4.79 Å². The van der Waals surface area contributed by atoms with E-state index >= 15 is 0 Å². The SMILES string of the molecule is CC(=O)NC(Cc1cc(F)cc(F)c1)C(O)CNC1CCNc2ccc(C(O)C(C)(C)C)cc21.